The lowest BCUT2D eigenvalue weighted by molar-refractivity contribution is 0.0657. The number of aryl methyl sites for hydroxylation is 1. The third kappa shape index (κ3) is 2.76. The Bertz CT molecular complexity index is 435. The lowest BCUT2D eigenvalue weighted by Crippen LogP contribution is -2.55. The van der Waals surface area contributed by atoms with Gasteiger partial charge in [-0.25, -0.2) is 0 Å². The van der Waals surface area contributed by atoms with E-state index in [-0.39, 0.29) is 5.54 Å². The zero-order valence-electron chi connectivity index (χ0n) is 13.1. The van der Waals surface area contributed by atoms with Gasteiger partial charge in [-0.05, 0) is 50.1 Å². The molecular weight excluding hydrogens is 264 g/mol. The topological polar surface area (TPSA) is 29.3 Å². The minimum absolute atomic E-state index is 0.0330. The van der Waals surface area contributed by atoms with Crippen LogP contribution in [0.25, 0.3) is 0 Å². The van der Waals surface area contributed by atoms with Gasteiger partial charge in [-0.3, -0.25) is 4.90 Å². The van der Waals surface area contributed by atoms with Gasteiger partial charge in [-0.1, -0.05) is 31.2 Å². The molecule has 0 saturated carbocycles. The predicted octanol–water partition coefficient (Wildman–Crippen LogP) is 3.25. The van der Waals surface area contributed by atoms with E-state index in [0.29, 0.717) is 12.6 Å². The van der Waals surface area contributed by atoms with Gasteiger partial charge in [0.05, 0.1) is 5.54 Å². The molecule has 1 aliphatic rings. The minimum atomic E-state index is 0.0330. The Morgan fingerprint density at radius 1 is 1.40 bits per heavy atom. The first kappa shape index (κ1) is 15.9. The molecule has 3 heteroatoms. The summed E-state index contributed by atoms with van der Waals surface area (Å²) in [6.45, 7) is 3.00. The highest BCUT2D eigenvalue weighted by atomic mass is 32.2. The Balaban J connectivity index is 2.39. The largest absolute Gasteiger partial charge is 0.328 e. The average molecular weight is 292 g/mol. The molecule has 0 amide bonds. The van der Waals surface area contributed by atoms with Crippen molar-refractivity contribution in [3.8, 4) is 0 Å². The second-order valence-corrected chi connectivity index (χ2v) is 6.79. The van der Waals surface area contributed by atoms with Crippen molar-refractivity contribution in [1.82, 2.24) is 4.90 Å². The first-order valence-corrected chi connectivity index (χ1v) is 9.09. The van der Waals surface area contributed by atoms with Crippen LogP contribution >= 0.6 is 11.8 Å². The summed E-state index contributed by atoms with van der Waals surface area (Å²) in [5.41, 5.74) is 9.29. The Morgan fingerprint density at radius 2 is 2.15 bits per heavy atom. The molecule has 2 unspecified atom stereocenters. The SMILES string of the molecule is CCC(CSC)N(C)C1(CN)CCCc2ccccc21. The standard InChI is InChI=1S/C17H28N2S/c1-4-15(12-20-3)19(2)17(13-18)11-7-9-14-8-5-6-10-16(14)17/h5-6,8,10,15H,4,7,9,11-13,18H2,1-3H3. The highest BCUT2D eigenvalue weighted by Gasteiger charge is 2.40. The van der Waals surface area contributed by atoms with E-state index in [2.05, 4.69) is 49.4 Å². The van der Waals surface area contributed by atoms with Gasteiger partial charge >= 0.3 is 0 Å². The number of likely N-dealkylation sites (N-methyl/N-ethyl adjacent to an activating group) is 1. The van der Waals surface area contributed by atoms with Crippen LogP contribution in [0, 0.1) is 0 Å². The molecule has 0 bridgehead atoms. The van der Waals surface area contributed by atoms with Gasteiger partial charge in [0.2, 0.25) is 0 Å². The van der Waals surface area contributed by atoms with Gasteiger partial charge in [0.25, 0.3) is 0 Å². The molecular formula is C17H28N2S. The summed E-state index contributed by atoms with van der Waals surface area (Å²) >= 11 is 1.93. The fourth-order valence-corrected chi connectivity index (χ4v) is 4.51. The van der Waals surface area contributed by atoms with E-state index < -0.39 is 0 Å². The van der Waals surface area contributed by atoms with Crippen LogP contribution in [-0.4, -0.2) is 36.5 Å². The van der Waals surface area contributed by atoms with Crippen LogP contribution in [0.2, 0.25) is 0 Å². The molecule has 1 aliphatic carbocycles. The number of hydrogen-bond acceptors (Lipinski definition) is 3. The highest BCUT2D eigenvalue weighted by molar-refractivity contribution is 7.98. The zero-order chi connectivity index (χ0) is 14.6. The van der Waals surface area contributed by atoms with Crippen molar-refractivity contribution in [3.05, 3.63) is 35.4 Å². The van der Waals surface area contributed by atoms with Crippen LogP contribution in [0.3, 0.4) is 0 Å². The molecule has 0 heterocycles. The summed E-state index contributed by atoms with van der Waals surface area (Å²) < 4.78 is 0. The molecule has 2 rings (SSSR count). The van der Waals surface area contributed by atoms with Gasteiger partial charge in [-0.15, -0.1) is 0 Å². The second-order valence-electron chi connectivity index (χ2n) is 5.87. The number of fused-ring (bicyclic) bond motifs is 1. The molecule has 112 valence electrons. The summed E-state index contributed by atoms with van der Waals surface area (Å²) in [5, 5.41) is 0. The van der Waals surface area contributed by atoms with E-state index in [1.54, 1.807) is 0 Å². The highest BCUT2D eigenvalue weighted by Crippen LogP contribution is 2.40. The van der Waals surface area contributed by atoms with E-state index in [4.69, 9.17) is 5.73 Å². The van der Waals surface area contributed by atoms with Crippen molar-refractivity contribution < 1.29 is 0 Å². The number of nitrogens with two attached hydrogens (primary N) is 1. The van der Waals surface area contributed by atoms with Crippen molar-refractivity contribution in [2.24, 2.45) is 5.73 Å². The van der Waals surface area contributed by atoms with Crippen molar-refractivity contribution in [2.75, 3.05) is 25.6 Å². The normalized spacial score (nSPS) is 23.6. The van der Waals surface area contributed by atoms with Crippen LogP contribution in [0.5, 0.6) is 0 Å². The molecule has 20 heavy (non-hydrogen) atoms. The van der Waals surface area contributed by atoms with Gasteiger partial charge in [-0.2, -0.15) is 11.8 Å². The summed E-state index contributed by atoms with van der Waals surface area (Å²) in [4.78, 5) is 2.57. The lowest BCUT2D eigenvalue weighted by Gasteiger charge is -2.48. The Hall–Kier alpha value is -0.510. The Morgan fingerprint density at radius 3 is 2.80 bits per heavy atom. The monoisotopic (exact) mass is 292 g/mol. The average Bonchev–Trinajstić information content (AvgIpc) is 2.51. The fourth-order valence-electron chi connectivity index (χ4n) is 3.67. The summed E-state index contributed by atoms with van der Waals surface area (Å²) in [6.07, 6.45) is 7.00. The third-order valence-electron chi connectivity index (χ3n) is 4.95. The van der Waals surface area contributed by atoms with E-state index in [1.165, 1.54) is 42.6 Å². The molecule has 1 aromatic rings. The third-order valence-corrected chi connectivity index (χ3v) is 5.66. The fraction of sp³-hybridized carbons (Fsp3) is 0.647. The van der Waals surface area contributed by atoms with Crippen molar-refractivity contribution in [3.63, 3.8) is 0 Å². The quantitative estimate of drug-likeness (QED) is 0.872. The minimum Gasteiger partial charge on any atom is -0.328 e. The van der Waals surface area contributed by atoms with Crippen LogP contribution in [0.4, 0.5) is 0 Å². The molecule has 0 fully saturated rings. The van der Waals surface area contributed by atoms with Crippen LogP contribution in [0.15, 0.2) is 24.3 Å². The van der Waals surface area contributed by atoms with Crippen molar-refractivity contribution in [2.45, 2.75) is 44.2 Å². The first-order valence-electron chi connectivity index (χ1n) is 7.70. The Kier molecular flexibility index (Phi) is 5.53. The molecule has 2 N–H and O–H groups in total. The first-order chi connectivity index (χ1) is 9.69. The summed E-state index contributed by atoms with van der Waals surface area (Å²) in [7, 11) is 2.28. The molecule has 2 nitrogen and oxygen atoms in total. The zero-order valence-corrected chi connectivity index (χ0v) is 13.9. The van der Waals surface area contributed by atoms with Crippen LogP contribution in [-0.2, 0) is 12.0 Å². The van der Waals surface area contributed by atoms with Gasteiger partial charge in [0, 0.05) is 18.3 Å². The van der Waals surface area contributed by atoms with E-state index in [1.807, 2.05) is 11.8 Å². The lowest BCUT2D eigenvalue weighted by atomic mass is 9.75. The molecule has 2 atom stereocenters. The molecule has 0 aromatic heterocycles. The number of nitrogens with zero attached hydrogens (tertiary/aromatic N) is 1. The summed E-state index contributed by atoms with van der Waals surface area (Å²) in [6, 6.07) is 9.49. The predicted molar refractivity (Wildman–Crippen MR) is 90.3 cm³/mol. The van der Waals surface area contributed by atoms with Gasteiger partial charge in [0.1, 0.15) is 0 Å². The van der Waals surface area contributed by atoms with Crippen LogP contribution < -0.4 is 5.73 Å². The van der Waals surface area contributed by atoms with Crippen molar-refractivity contribution >= 4 is 11.8 Å². The molecule has 0 aliphatic heterocycles. The Labute approximate surface area is 128 Å². The maximum Gasteiger partial charge on any atom is 0.0586 e. The number of rotatable bonds is 6. The maximum atomic E-state index is 6.29. The van der Waals surface area contributed by atoms with E-state index in [9.17, 15) is 0 Å². The number of benzene rings is 1. The molecule has 0 saturated heterocycles. The number of hydrogen-bond donors (Lipinski definition) is 1. The van der Waals surface area contributed by atoms with Gasteiger partial charge in [0.15, 0.2) is 0 Å². The maximum absolute atomic E-state index is 6.29. The second kappa shape index (κ2) is 6.97. The smallest absolute Gasteiger partial charge is 0.0586 e. The van der Waals surface area contributed by atoms with Gasteiger partial charge < -0.3 is 5.73 Å². The van der Waals surface area contributed by atoms with E-state index >= 15 is 0 Å². The number of thioether (sulfide) groups is 1. The molecule has 0 radical (unpaired) electrons. The molecule has 0 spiro atoms. The molecule has 1 aromatic carbocycles. The van der Waals surface area contributed by atoms with Crippen LogP contribution in [0.1, 0.15) is 37.3 Å². The van der Waals surface area contributed by atoms with Crippen molar-refractivity contribution in [1.29, 1.82) is 0 Å². The van der Waals surface area contributed by atoms with E-state index in [0.717, 1.165) is 0 Å². The summed E-state index contributed by atoms with van der Waals surface area (Å²) in [5.74, 6) is 1.18.